The molecule has 2 rings (SSSR count). The Hall–Kier alpha value is -1.71. The molecular weight excluding hydrogens is 250 g/mol. The zero-order chi connectivity index (χ0) is 14.2. The van der Waals surface area contributed by atoms with Crippen LogP contribution in [-0.2, 0) is 0 Å². The molecule has 0 bridgehead atoms. The number of hydrogen-bond donors (Lipinski definition) is 2. The Morgan fingerprint density at radius 3 is 2.65 bits per heavy atom. The Balaban J connectivity index is 1.88. The Kier molecular flexibility index (Phi) is 5.71. The van der Waals surface area contributed by atoms with Gasteiger partial charge in [-0.05, 0) is 30.4 Å². The summed E-state index contributed by atoms with van der Waals surface area (Å²) in [6.07, 6.45) is 7.45. The van der Waals surface area contributed by atoms with Crippen LogP contribution in [-0.4, -0.2) is 19.1 Å². The number of benzene rings is 1. The van der Waals surface area contributed by atoms with E-state index in [0.29, 0.717) is 19.1 Å². The summed E-state index contributed by atoms with van der Waals surface area (Å²) in [6.45, 7) is 1.27. The smallest absolute Gasteiger partial charge is 0.185 e. The second-order valence-corrected chi connectivity index (χ2v) is 5.38. The molecule has 1 aliphatic carbocycles. The maximum Gasteiger partial charge on any atom is 0.185 e. The first-order chi connectivity index (χ1) is 9.77. The van der Waals surface area contributed by atoms with Crippen LogP contribution >= 0.6 is 0 Å². The SMILES string of the molecule is NC(N)=NCCCOc1ccccc1C1CCCCC1. The molecule has 1 fully saturated rings. The van der Waals surface area contributed by atoms with Crippen molar-refractivity contribution in [1.82, 2.24) is 0 Å². The molecule has 0 unspecified atom stereocenters. The lowest BCUT2D eigenvalue weighted by molar-refractivity contribution is 0.304. The topological polar surface area (TPSA) is 73.6 Å². The predicted octanol–water partition coefficient (Wildman–Crippen LogP) is 2.78. The van der Waals surface area contributed by atoms with E-state index >= 15 is 0 Å². The average Bonchev–Trinajstić information content (AvgIpc) is 2.48. The van der Waals surface area contributed by atoms with Gasteiger partial charge in [0.2, 0.25) is 0 Å². The summed E-state index contributed by atoms with van der Waals surface area (Å²) < 4.78 is 5.92. The number of nitrogens with zero attached hydrogens (tertiary/aromatic N) is 1. The van der Waals surface area contributed by atoms with Crippen LogP contribution in [0.2, 0.25) is 0 Å². The molecule has 0 amide bonds. The van der Waals surface area contributed by atoms with Crippen molar-refractivity contribution >= 4 is 5.96 Å². The molecule has 0 heterocycles. The lowest BCUT2D eigenvalue weighted by Crippen LogP contribution is -2.23. The number of aliphatic imine (C=N–C) groups is 1. The van der Waals surface area contributed by atoms with E-state index in [2.05, 4.69) is 23.2 Å². The molecule has 4 nitrogen and oxygen atoms in total. The molecule has 0 aliphatic heterocycles. The standard InChI is InChI=1S/C16H25N3O/c17-16(18)19-11-6-12-20-15-10-5-4-9-14(15)13-7-2-1-3-8-13/h4-5,9-10,13H,1-3,6-8,11-12H2,(H4,17,18,19). The molecule has 1 saturated carbocycles. The summed E-state index contributed by atoms with van der Waals surface area (Å²) in [7, 11) is 0. The summed E-state index contributed by atoms with van der Waals surface area (Å²) in [5, 5.41) is 0. The summed E-state index contributed by atoms with van der Waals surface area (Å²) in [4.78, 5) is 3.96. The van der Waals surface area contributed by atoms with Crippen LogP contribution in [0.5, 0.6) is 5.75 Å². The van der Waals surface area contributed by atoms with Crippen molar-refractivity contribution in [3.05, 3.63) is 29.8 Å². The number of para-hydroxylation sites is 1. The minimum absolute atomic E-state index is 0.146. The number of hydrogen-bond acceptors (Lipinski definition) is 2. The first kappa shape index (κ1) is 14.7. The molecule has 0 atom stereocenters. The molecule has 1 aliphatic rings. The van der Waals surface area contributed by atoms with Crippen LogP contribution < -0.4 is 16.2 Å². The molecule has 0 aromatic heterocycles. The van der Waals surface area contributed by atoms with Crippen LogP contribution in [0.4, 0.5) is 0 Å². The molecule has 4 heteroatoms. The van der Waals surface area contributed by atoms with E-state index in [9.17, 15) is 0 Å². The maximum atomic E-state index is 5.92. The fraction of sp³-hybridized carbons (Fsp3) is 0.562. The van der Waals surface area contributed by atoms with Crippen molar-refractivity contribution in [1.29, 1.82) is 0 Å². The van der Waals surface area contributed by atoms with E-state index < -0.39 is 0 Å². The van der Waals surface area contributed by atoms with Gasteiger partial charge in [-0.1, -0.05) is 37.5 Å². The molecule has 0 spiro atoms. The van der Waals surface area contributed by atoms with Crippen molar-refractivity contribution in [2.24, 2.45) is 16.5 Å². The van der Waals surface area contributed by atoms with E-state index in [1.807, 2.05) is 6.07 Å². The molecule has 1 aromatic rings. The monoisotopic (exact) mass is 275 g/mol. The van der Waals surface area contributed by atoms with Crippen LogP contribution in [0.1, 0.15) is 50.0 Å². The minimum atomic E-state index is 0.146. The zero-order valence-electron chi connectivity index (χ0n) is 12.1. The van der Waals surface area contributed by atoms with Crippen molar-refractivity contribution < 1.29 is 4.74 Å². The second-order valence-electron chi connectivity index (χ2n) is 5.38. The third-order valence-corrected chi connectivity index (χ3v) is 3.82. The quantitative estimate of drug-likeness (QED) is 0.476. The van der Waals surface area contributed by atoms with Gasteiger partial charge in [-0.2, -0.15) is 0 Å². The second kappa shape index (κ2) is 7.78. The van der Waals surface area contributed by atoms with Gasteiger partial charge in [0.25, 0.3) is 0 Å². The minimum Gasteiger partial charge on any atom is -0.493 e. The first-order valence-corrected chi connectivity index (χ1v) is 7.54. The van der Waals surface area contributed by atoms with Crippen LogP contribution in [0, 0.1) is 0 Å². The molecule has 20 heavy (non-hydrogen) atoms. The Bertz CT molecular complexity index is 435. The van der Waals surface area contributed by atoms with Crippen molar-refractivity contribution in [3.63, 3.8) is 0 Å². The van der Waals surface area contributed by atoms with Crippen LogP contribution in [0.3, 0.4) is 0 Å². The van der Waals surface area contributed by atoms with E-state index in [-0.39, 0.29) is 5.96 Å². The third-order valence-electron chi connectivity index (χ3n) is 3.82. The van der Waals surface area contributed by atoms with Gasteiger partial charge in [0, 0.05) is 13.0 Å². The molecule has 1 aromatic carbocycles. The third kappa shape index (κ3) is 4.44. The van der Waals surface area contributed by atoms with Gasteiger partial charge in [0.05, 0.1) is 6.61 Å². The Morgan fingerprint density at radius 2 is 1.90 bits per heavy atom. The lowest BCUT2D eigenvalue weighted by Gasteiger charge is -2.24. The van der Waals surface area contributed by atoms with Crippen LogP contribution in [0.15, 0.2) is 29.3 Å². The van der Waals surface area contributed by atoms with Crippen molar-refractivity contribution in [3.8, 4) is 5.75 Å². The van der Waals surface area contributed by atoms with E-state index in [1.165, 1.54) is 37.7 Å². The highest BCUT2D eigenvalue weighted by Crippen LogP contribution is 2.37. The molecule has 110 valence electrons. The van der Waals surface area contributed by atoms with Gasteiger partial charge in [-0.15, -0.1) is 0 Å². The van der Waals surface area contributed by atoms with Gasteiger partial charge in [0.15, 0.2) is 5.96 Å². The predicted molar refractivity (Wildman–Crippen MR) is 83.1 cm³/mol. The van der Waals surface area contributed by atoms with Gasteiger partial charge >= 0.3 is 0 Å². The number of ether oxygens (including phenoxy) is 1. The fourth-order valence-electron chi connectivity index (χ4n) is 2.82. The van der Waals surface area contributed by atoms with E-state index in [4.69, 9.17) is 16.2 Å². The number of rotatable bonds is 6. The normalized spacial score (nSPS) is 15.8. The van der Waals surface area contributed by atoms with E-state index in [1.54, 1.807) is 0 Å². The number of guanidine groups is 1. The summed E-state index contributed by atoms with van der Waals surface area (Å²) in [6, 6.07) is 8.43. The maximum absolute atomic E-state index is 5.92. The highest BCUT2D eigenvalue weighted by Gasteiger charge is 2.18. The van der Waals surface area contributed by atoms with Gasteiger partial charge in [-0.3, -0.25) is 4.99 Å². The zero-order valence-corrected chi connectivity index (χ0v) is 12.1. The van der Waals surface area contributed by atoms with Crippen LogP contribution in [0.25, 0.3) is 0 Å². The average molecular weight is 275 g/mol. The molecule has 0 saturated heterocycles. The highest BCUT2D eigenvalue weighted by atomic mass is 16.5. The largest absolute Gasteiger partial charge is 0.493 e. The highest BCUT2D eigenvalue weighted by molar-refractivity contribution is 5.75. The van der Waals surface area contributed by atoms with Crippen molar-refractivity contribution in [2.75, 3.05) is 13.2 Å². The Morgan fingerprint density at radius 1 is 1.15 bits per heavy atom. The lowest BCUT2D eigenvalue weighted by atomic mass is 9.84. The molecule has 4 N–H and O–H groups in total. The fourth-order valence-corrected chi connectivity index (χ4v) is 2.82. The van der Waals surface area contributed by atoms with Gasteiger partial charge in [-0.25, -0.2) is 0 Å². The summed E-state index contributed by atoms with van der Waals surface area (Å²) in [5.41, 5.74) is 12.0. The first-order valence-electron chi connectivity index (χ1n) is 7.54. The molecular formula is C16H25N3O. The van der Waals surface area contributed by atoms with Crippen molar-refractivity contribution in [2.45, 2.75) is 44.4 Å². The number of nitrogens with two attached hydrogens (primary N) is 2. The Labute approximate surface area is 121 Å². The van der Waals surface area contributed by atoms with Gasteiger partial charge in [0.1, 0.15) is 5.75 Å². The van der Waals surface area contributed by atoms with Gasteiger partial charge < -0.3 is 16.2 Å². The summed E-state index contributed by atoms with van der Waals surface area (Å²) in [5.74, 6) is 1.84. The summed E-state index contributed by atoms with van der Waals surface area (Å²) >= 11 is 0. The van der Waals surface area contributed by atoms with E-state index in [0.717, 1.165) is 12.2 Å². The molecule has 0 radical (unpaired) electrons.